The number of allylic oxidation sites excluding steroid dienone is 3. The number of ketones is 1. The number of carbonyl (C=O) groups is 2. The topological polar surface area (TPSA) is 64.6 Å². The number of nitrogens with one attached hydrogen (secondary N) is 1. The van der Waals surface area contributed by atoms with Crippen molar-refractivity contribution in [2.75, 3.05) is 7.11 Å². The monoisotopic (exact) mass is 493 g/mol. The predicted molar refractivity (Wildman–Crippen MR) is 144 cm³/mol. The molecule has 1 aliphatic heterocycles. The maximum Gasteiger partial charge on any atom is 0.337 e. The van der Waals surface area contributed by atoms with Crippen molar-refractivity contribution in [3.05, 3.63) is 113 Å². The molecule has 5 heteroatoms. The second kappa shape index (κ2) is 10.5. The van der Waals surface area contributed by atoms with E-state index in [0.717, 1.165) is 45.8 Å². The first kappa shape index (κ1) is 24.6. The van der Waals surface area contributed by atoms with Gasteiger partial charge in [-0.1, -0.05) is 73.7 Å². The van der Waals surface area contributed by atoms with Crippen LogP contribution in [0.4, 0.5) is 0 Å². The maximum absolute atomic E-state index is 13.5. The Balaban J connectivity index is 1.48. The van der Waals surface area contributed by atoms with Crippen molar-refractivity contribution in [1.29, 1.82) is 0 Å². The summed E-state index contributed by atoms with van der Waals surface area (Å²) in [5.74, 6) is 0.205. The molecule has 3 aromatic carbocycles. The number of benzene rings is 3. The molecule has 0 saturated heterocycles. The molecule has 1 heterocycles. The quantitative estimate of drug-likeness (QED) is 0.407. The lowest BCUT2D eigenvalue weighted by molar-refractivity contribution is -0.140. The molecule has 2 unspecified atom stereocenters. The van der Waals surface area contributed by atoms with Crippen molar-refractivity contribution in [3.8, 4) is 16.9 Å². The number of hydrogen-bond donors (Lipinski definition) is 1. The third-order valence-corrected chi connectivity index (χ3v) is 7.13. The van der Waals surface area contributed by atoms with Gasteiger partial charge in [0.1, 0.15) is 12.4 Å². The van der Waals surface area contributed by atoms with Gasteiger partial charge in [0.05, 0.1) is 12.7 Å². The summed E-state index contributed by atoms with van der Waals surface area (Å²) in [6.07, 6.45) is 1.26. The van der Waals surface area contributed by atoms with Crippen LogP contribution >= 0.6 is 0 Å². The van der Waals surface area contributed by atoms with Crippen LogP contribution in [0.15, 0.2) is 101 Å². The maximum atomic E-state index is 13.5. The van der Waals surface area contributed by atoms with Crippen LogP contribution in [0, 0.1) is 5.92 Å². The SMILES string of the molecule is COc1ccc(COC(=O)C2=C(C)NC3=C(C(=O)CC(C)C3)C2c2ccc(-c3ccccc3)cc2)cc1. The second-order valence-corrected chi connectivity index (χ2v) is 9.84. The van der Waals surface area contributed by atoms with Crippen molar-refractivity contribution >= 4 is 11.8 Å². The lowest BCUT2D eigenvalue weighted by Crippen LogP contribution is -2.36. The molecule has 0 spiro atoms. The highest BCUT2D eigenvalue weighted by atomic mass is 16.5. The molecule has 1 aliphatic carbocycles. The number of hydrogen-bond acceptors (Lipinski definition) is 5. The van der Waals surface area contributed by atoms with Crippen LogP contribution in [0.2, 0.25) is 0 Å². The molecule has 0 aromatic heterocycles. The molecular formula is C32H31NO4. The van der Waals surface area contributed by atoms with Gasteiger partial charge in [-0.05, 0) is 53.6 Å². The first-order valence-corrected chi connectivity index (χ1v) is 12.6. The van der Waals surface area contributed by atoms with Crippen LogP contribution in [0.1, 0.15) is 43.7 Å². The predicted octanol–water partition coefficient (Wildman–Crippen LogP) is 6.32. The van der Waals surface area contributed by atoms with Gasteiger partial charge >= 0.3 is 5.97 Å². The first-order valence-electron chi connectivity index (χ1n) is 12.6. The molecule has 0 radical (unpaired) electrons. The minimum atomic E-state index is -0.468. The van der Waals surface area contributed by atoms with Gasteiger partial charge in [-0.25, -0.2) is 4.79 Å². The minimum Gasteiger partial charge on any atom is -0.497 e. The highest BCUT2D eigenvalue weighted by molar-refractivity contribution is 6.04. The number of Topliss-reactive ketones (excluding diaryl/α,β-unsaturated/α-hetero) is 1. The smallest absolute Gasteiger partial charge is 0.337 e. The number of methoxy groups -OCH3 is 1. The number of esters is 1. The van der Waals surface area contributed by atoms with Crippen LogP contribution in [0.5, 0.6) is 5.75 Å². The summed E-state index contributed by atoms with van der Waals surface area (Å²) in [5.41, 5.74) is 6.81. The fourth-order valence-corrected chi connectivity index (χ4v) is 5.28. The van der Waals surface area contributed by atoms with Crippen LogP contribution in [0.3, 0.4) is 0 Å². The van der Waals surface area contributed by atoms with Gasteiger partial charge in [0.2, 0.25) is 0 Å². The lowest BCUT2D eigenvalue weighted by Gasteiger charge is -2.36. The zero-order valence-corrected chi connectivity index (χ0v) is 21.4. The van der Waals surface area contributed by atoms with Gasteiger partial charge in [0.15, 0.2) is 5.78 Å². The highest BCUT2D eigenvalue weighted by Crippen LogP contribution is 2.44. The van der Waals surface area contributed by atoms with E-state index in [2.05, 4.69) is 36.5 Å². The zero-order chi connectivity index (χ0) is 25.9. The Bertz CT molecular complexity index is 1370. The molecular weight excluding hydrogens is 462 g/mol. The molecule has 5 nitrogen and oxygen atoms in total. The van der Waals surface area contributed by atoms with Crippen molar-refractivity contribution < 1.29 is 19.1 Å². The standard InChI is InChI=1S/C32H31NO4/c1-20-17-27-31(28(34)18-20)30(25-13-11-24(12-14-25)23-7-5-4-6-8-23)29(21(2)33-27)32(35)37-19-22-9-15-26(36-3)16-10-22/h4-16,20,30,33H,17-19H2,1-3H3. The van der Waals surface area contributed by atoms with E-state index in [9.17, 15) is 9.59 Å². The molecule has 0 amide bonds. The summed E-state index contributed by atoms with van der Waals surface area (Å²) in [7, 11) is 1.61. The normalized spacial score (nSPS) is 19.3. The van der Waals surface area contributed by atoms with Crippen molar-refractivity contribution in [2.24, 2.45) is 5.92 Å². The number of rotatable bonds is 6. The van der Waals surface area contributed by atoms with Gasteiger partial charge in [-0.15, -0.1) is 0 Å². The Morgan fingerprint density at radius 3 is 2.27 bits per heavy atom. The van der Waals surface area contributed by atoms with Crippen LogP contribution in [-0.2, 0) is 20.9 Å². The molecule has 3 aromatic rings. The van der Waals surface area contributed by atoms with E-state index in [1.54, 1.807) is 7.11 Å². The summed E-state index contributed by atoms with van der Waals surface area (Å²) >= 11 is 0. The summed E-state index contributed by atoms with van der Waals surface area (Å²) in [5, 5.41) is 3.38. The molecule has 2 atom stereocenters. The third-order valence-electron chi connectivity index (χ3n) is 7.13. The summed E-state index contributed by atoms with van der Waals surface area (Å²) < 4.78 is 11.0. The molecule has 0 saturated carbocycles. The molecule has 0 bridgehead atoms. The average Bonchev–Trinajstić information content (AvgIpc) is 2.91. The van der Waals surface area contributed by atoms with E-state index in [1.165, 1.54) is 0 Å². The summed E-state index contributed by atoms with van der Waals surface area (Å²) in [4.78, 5) is 26.9. The summed E-state index contributed by atoms with van der Waals surface area (Å²) in [6, 6.07) is 25.7. The Hall–Kier alpha value is -4.12. The van der Waals surface area contributed by atoms with Gasteiger partial charge < -0.3 is 14.8 Å². The molecule has 2 aliphatic rings. The Morgan fingerprint density at radius 1 is 0.919 bits per heavy atom. The Kier molecular flexibility index (Phi) is 6.95. The van der Waals surface area contributed by atoms with Gasteiger partial charge in [-0.2, -0.15) is 0 Å². The minimum absolute atomic E-state index is 0.0892. The Labute approximate surface area is 217 Å². The third kappa shape index (κ3) is 5.08. The van der Waals surface area contributed by atoms with E-state index in [4.69, 9.17) is 9.47 Å². The van der Waals surface area contributed by atoms with E-state index < -0.39 is 11.9 Å². The van der Waals surface area contributed by atoms with E-state index in [1.807, 2.05) is 61.5 Å². The van der Waals surface area contributed by atoms with Crippen LogP contribution in [-0.4, -0.2) is 18.9 Å². The molecule has 1 N–H and O–H groups in total. The van der Waals surface area contributed by atoms with Crippen LogP contribution in [0.25, 0.3) is 11.1 Å². The lowest BCUT2D eigenvalue weighted by atomic mass is 9.73. The summed E-state index contributed by atoms with van der Waals surface area (Å²) in [6.45, 7) is 4.11. The van der Waals surface area contributed by atoms with Crippen molar-refractivity contribution in [2.45, 2.75) is 39.2 Å². The number of carbonyl (C=O) groups excluding carboxylic acids is 2. The molecule has 188 valence electrons. The second-order valence-electron chi connectivity index (χ2n) is 9.84. The number of ether oxygens (including phenoxy) is 2. The Morgan fingerprint density at radius 2 is 1.59 bits per heavy atom. The number of dihydropyridines is 1. The van der Waals surface area contributed by atoms with Gasteiger partial charge in [0, 0.05) is 29.3 Å². The van der Waals surface area contributed by atoms with Crippen molar-refractivity contribution in [1.82, 2.24) is 5.32 Å². The van der Waals surface area contributed by atoms with Gasteiger partial charge in [0.25, 0.3) is 0 Å². The molecule has 0 fully saturated rings. The fourth-order valence-electron chi connectivity index (χ4n) is 5.28. The van der Waals surface area contributed by atoms with E-state index in [-0.39, 0.29) is 18.3 Å². The van der Waals surface area contributed by atoms with Gasteiger partial charge in [-0.3, -0.25) is 4.79 Å². The largest absolute Gasteiger partial charge is 0.497 e. The van der Waals surface area contributed by atoms with E-state index in [0.29, 0.717) is 17.6 Å². The average molecular weight is 494 g/mol. The first-order chi connectivity index (χ1) is 17.9. The molecule has 5 rings (SSSR count). The van der Waals surface area contributed by atoms with Crippen molar-refractivity contribution in [3.63, 3.8) is 0 Å². The highest BCUT2D eigenvalue weighted by Gasteiger charge is 2.40. The van der Waals surface area contributed by atoms with E-state index >= 15 is 0 Å². The molecule has 37 heavy (non-hydrogen) atoms. The fraction of sp³-hybridized carbons (Fsp3) is 0.250. The van der Waals surface area contributed by atoms with Crippen LogP contribution < -0.4 is 10.1 Å². The zero-order valence-electron chi connectivity index (χ0n) is 21.4.